The lowest BCUT2D eigenvalue weighted by Gasteiger charge is -2.23. The second-order valence-electron chi connectivity index (χ2n) is 6.52. The van der Waals surface area contributed by atoms with E-state index in [-0.39, 0.29) is 11.4 Å². The summed E-state index contributed by atoms with van der Waals surface area (Å²) < 4.78 is 26.5. The molecule has 0 unspecified atom stereocenters. The van der Waals surface area contributed by atoms with Crippen LogP contribution in [0.15, 0.2) is 29.2 Å². The maximum absolute atomic E-state index is 12.7. The molecule has 1 aromatic carbocycles. The minimum Gasteiger partial charge on any atom is -0.480 e. The first-order valence-corrected chi connectivity index (χ1v) is 9.79. The van der Waals surface area contributed by atoms with Crippen molar-refractivity contribution in [3.63, 3.8) is 0 Å². The Morgan fingerprint density at radius 1 is 1.00 bits per heavy atom. The van der Waals surface area contributed by atoms with E-state index in [1.54, 1.807) is 12.1 Å². The zero-order valence-electron chi connectivity index (χ0n) is 13.1. The maximum Gasteiger partial charge on any atom is 0.322 e. The molecule has 2 aliphatic rings. The van der Waals surface area contributed by atoms with E-state index >= 15 is 0 Å². The Balaban J connectivity index is 1.81. The van der Waals surface area contributed by atoms with E-state index in [2.05, 4.69) is 0 Å². The van der Waals surface area contributed by atoms with Crippen molar-refractivity contribution in [2.45, 2.75) is 61.8 Å². The minimum absolute atomic E-state index is 0.199. The van der Waals surface area contributed by atoms with Crippen LogP contribution in [0, 0.1) is 0 Å². The molecule has 1 aliphatic carbocycles. The number of carbonyl (C=O) groups is 1. The third-order valence-corrected chi connectivity index (χ3v) is 6.97. The predicted molar refractivity (Wildman–Crippen MR) is 86.8 cm³/mol. The lowest BCUT2D eigenvalue weighted by molar-refractivity contribution is -0.140. The van der Waals surface area contributed by atoms with Crippen LogP contribution in [0.4, 0.5) is 0 Å². The van der Waals surface area contributed by atoms with Gasteiger partial charge in [0.25, 0.3) is 0 Å². The fourth-order valence-electron chi connectivity index (χ4n) is 3.76. The molecule has 1 aromatic rings. The number of benzene rings is 1. The average molecular weight is 337 g/mol. The van der Waals surface area contributed by atoms with Crippen LogP contribution < -0.4 is 0 Å². The first kappa shape index (κ1) is 16.5. The summed E-state index contributed by atoms with van der Waals surface area (Å²) in [5.74, 6) is -0.538. The van der Waals surface area contributed by atoms with Crippen LogP contribution in [0.1, 0.15) is 56.4 Å². The van der Waals surface area contributed by atoms with Crippen molar-refractivity contribution in [2.24, 2.45) is 0 Å². The summed E-state index contributed by atoms with van der Waals surface area (Å²) in [6, 6.07) is 6.13. The van der Waals surface area contributed by atoms with Crippen LogP contribution >= 0.6 is 0 Å². The molecule has 5 nitrogen and oxygen atoms in total. The maximum atomic E-state index is 12.7. The molecule has 0 bridgehead atoms. The minimum atomic E-state index is -3.73. The summed E-state index contributed by atoms with van der Waals surface area (Å²) in [6.07, 6.45) is 7.07. The monoisotopic (exact) mass is 337 g/mol. The van der Waals surface area contributed by atoms with Crippen LogP contribution in [0.2, 0.25) is 0 Å². The van der Waals surface area contributed by atoms with Gasteiger partial charge in [-0.2, -0.15) is 4.31 Å². The summed E-state index contributed by atoms with van der Waals surface area (Å²) in [7, 11) is -3.73. The van der Waals surface area contributed by atoms with E-state index in [0.717, 1.165) is 4.31 Å². The molecule has 1 N–H and O–H groups in total. The molecule has 1 aliphatic heterocycles. The number of aliphatic carboxylic acids is 1. The first-order valence-electron chi connectivity index (χ1n) is 8.35. The molecule has 1 atom stereocenters. The standard InChI is InChI=1S/C17H23NO4S/c19-17(20)16-7-4-12-18(16)23(21,22)15-10-8-14(9-11-15)13-5-2-1-3-6-13/h8-11,13,16H,1-7,12H2,(H,19,20)/t16-/m1/s1. The summed E-state index contributed by atoms with van der Waals surface area (Å²) in [5, 5.41) is 9.20. The number of hydrogen-bond donors (Lipinski definition) is 1. The third kappa shape index (κ3) is 3.28. The van der Waals surface area contributed by atoms with Gasteiger partial charge in [-0.1, -0.05) is 31.4 Å². The lowest BCUT2D eigenvalue weighted by Crippen LogP contribution is -2.40. The quantitative estimate of drug-likeness (QED) is 0.916. The van der Waals surface area contributed by atoms with Crippen LogP contribution in [0.5, 0.6) is 0 Å². The Hall–Kier alpha value is -1.40. The summed E-state index contributed by atoms with van der Waals surface area (Å²) in [4.78, 5) is 11.4. The highest BCUT2D eigenvalue weighted by Crippen LogP contribution is 2.33. The van der Waals surface area contributed by atoms with E-state index in [1.165, 1.54) is 37.7 Å². The molecule has 0 spiro atoms. The molecular weight excluding hydrogens is 314 g/mol. The van der Waals surface area contributed by atoms with Gasteiger partial charge in [0.15, 0.2) is 0 Å². The number of hydrogen-bond acceptors (Lipinski definition) is 3. The van der Waals surface area contributed by atoms with Gasteiger partial charge in [-0.25, -0.2) is 8.42 Å². The van der Waals surface area contributed by atoms with Crippen LogP contribution in [0.25, 0.3) is 0 Å². The molecule has 1 saturated carbocycles. The van der Waals surface area contributed by atoms with E-state index < -0.39 is 22.0 Å². The number of rotatable bonds is 4. The topological polar surface area (TPSA) is 74.7 Å². The number of carboxylic acid groups (broad SMARTS) is 1. The molecule has 0 aromatic heterocycles. The normalized spacial score (nSPS) is 23.9. The highest BCUT2D eigenvalue weighted by molar-refractivity contribution is 7.89. The van der Waals surface area contributed by atoms with E-state index in [9.17, 15) is 18.3 Å². The van der Waals surface area contributed by atoms with E-state index in [1.807, 2.05) is 12.1 Å². The average Bonchev–Trinajstić information content (AvgIpc) is 3.07. The van der Waals surface area contributed by atoms with Gasteiger partial charge in [0.05, 0.1) is 4.90 Å². The third-order valence-electron chi connectivity index (χ3n) is 5.05. The molecule has 3 rings (SSSR count). The first-order chi connectivity index (χ1) is 11.0. The van der Waals surface area contributed by atoms with Crippen molar-refractivity contribution in [3.05, 3.63) is 29.8 Å². The van der Waals surface area contributed by atoms with Gasteiger partial charge in [-0.3, -0.25) is 4.79 Å². The second kappa shape index (κ2) is 6.61. The van der Waals surface area contributed by atoms with Crippen LogP contribution in [0.3, 0.4) is 0 Å². The van der Waals surface area contributed by atoms with Gasteiger partial charge in [0.1, 0.15) is 6.04 Å². The Morgan fingerprint density at radius 2 is 1.65 bits per heavy atom. The van der Waals surface area contributed by atoms with Gasteiger partial charge in [0, 0.05) is 6.54 Å². The Morgan fingerprint density at radius 3 is 2.26 bits per heavy atom. The molecule has 0 radical (unpaired) electrons. The largest absolute Gasteiger partial charge is 0.480 e. The van der Waals surface area contributed by atoms with Gasteiger partial charge >= 0.3 is 5.97 Å². The summed E-state index contributed by atoms with van der Waals surface area (Å²) >= 11 is 0. The van der Waals surface area contributed by atoms with Crippen molar-refractivity contribution in [1.29, 1.82) is 0 Å². The van der Waals surface area contributed by atoms with Crippen LogP contribution in [-0.4, -0.2) is 36.4 Å². The van der Waals surface area contributed by atoms with Crippen molar-refractivity contribution >= 4 is 16.0 Å². The van der Waals surface area contributed by atoms with Crippen molar-refractivity contribution in [1.82, 2.24) is 4.31 Å². The Labute approximate surface area is 137 Å². The predicted octanol–water partition coefficient (Wildman–Crippen LogP) is 2.97. The summed E-state index contributed by atoms with van der Waals surface area (Å²) in [6.45, 7) is 0.281. The molecule has 23 heavy (non-hydrogen) atoms. The number of carboxylic acids is 1. The van der Waals surface area contributed by atoms with Crippen molar-refractivity contribution in [3.8, 4) is 0 Å². The van der Waals surface area contributed by atoms with Crippen molar-refractivity contribution in [2.75, 3.05) is 6.54 Å². The van der Waals surface area contributed by atoms with E-state index in [4.69, 9.17) is 0 Å². The lowest BCUT2D eigenvalue weighted by atomic mass is 9.84. The molecule has 2 fully saturated rings. The van der Waals surface area contributed by atoms with Gasteiger partial charge in [0.2, 0.25) is 10.0 Å². The zero-order chi connectivity index (χ0) is 16.4. The molecule has 0 amide bonds. The van der Waals surface area contributed by atoms with Gasteiger partial charge < -0.3 is 5.11 Å². The van der Waals surface area contributed by atoms with Gasteiger partial charge in [-0.05, 0) is 49.3 Å². The Kier molecular flexibility index (Phi) is 4.73. The van der Waals surface area contributed by atoms with E-state index in [0.29, 0.717) is 18.8 Å². The highest BCUT2D eigenvalue weighted by atomic mass is 32.2. The highest BCUT2D eigenvalue weighted by Gasteiger charge is 2.39. The fourth-order valence-corrected chi connectivity index (χ4v) is 5.41. The Bertz CT molecular complexity index is 662. The molecule has 6 heteroatoms. The molecule has 1 saturated heterocycles. The number of sulfonamides is 1. The van der Waals surface area contributed by atoms with Gasteiger partial charge in [-0.15, -0.1) is 0 Å². The molecule has 1 heterocycles. The molecular formula is C17H23NO4S. The second-order valence-corrected chi connectivity index (χ2v) is 8.41. The smallest absolute Gasteiger partial charge is 0.322 e. The SMILES string of the molecule is O=C(O)[C@H]1CCCN1S(=O)(=O)c1ccc(C2CCCCC2)cc1. The molecule has 126 valence electrons. The zero-order valence-corrected chi connectivity index (χ0v) is 14.0. The number of nitrogens with zero attached hydrogens (tertiary/aromatic N) is 1. The van der Waals surface area contributed by atoms with Crippen molar-refractivity contribution < 1.29 is 18.3 Å². The van der Waals surface area contributed by atoms with Crippen LogP contribution in [-0.2, 0) is 14.8 Å². The summed E-state index contributed by atoms with van der Waals surface area (Å²) in [5.41, 5.74) is 1.19. The fraction of sp³-hybridized carbons (Fsp3) is 0.588.